The summed E-state index contributed by atoms with van der Waals surface area (Å²) in [6.07, 6.45) is 1.10. The summed E-state index contributed by atoms with van der Waals surface area (Å²) >= 11 is 12.8. The molecule has 0 aliphatic carbocycles. The average molecular weight is 252 g/mol. The van der Waals surface area contributed by atoms with Gasteiger partial charge in [0.15, 0.2) is 5.78 Å². The Morgan fingerprint density at radius 2 is 2.29 bits per heavy atom. The van der Waals surface area contributed by atoms with Crippen LogP contribution in [0.1, 0.15) is 30.1 Å². The molecule has 1 aromatic rings. The molecule has 2 nitrogen and oxygen atoms in total. The second-order valence-corrected chi connectivity index (χ2v) is 5.32. The van der Waals surface area contributed by atoms with E-state index in [0.29, 0.717) is 20.7 Å². The Hall–Kier alpha value is -0.0900. The van der Waals surface area contributed by atoms with Crippen LogP contribution in [0.3, 0.4) is 0 Å². The highest BCUT2D eigenvalue weighted by atomic mass is 35.5. The van der Waals surface area contributed by atoms with Crippen molar-refractivity contribution in [1.29, 1.82) is 0 Å². The van der Waals surface area contributed by atoms with Crippen molar-refractivity contribution in [2.45, 2.75) is 25.8 Å². The second-order valence-electron chi connectivity index (χ2n) is 3.03. The number of hydrogen-bond acceptors (Lipinski definition) is 3. The van der Waals surface area contributed by atoms with Gasteiger partial charge in [-0.1, -0.05) is 30.1 Å². The molecule has 0 amide bonds. The molecule has 1 rings (SSSR count). The molecule has 0 aliphatic heterocycles. The Kier molecular flexibility index (Phi) is 4.38. The zero-order valence-electron chi connectivity index (χ0n) is 7.72. The summed E-state index contributed by atoms with van der Waals surface area (Å²) < 4.78 is 0.978. The first-order chi connectivity index (χ1) is 6.54. The van der Waals surface area contributed by atoms with Gasteiger partial charge in [-0.15, -0.1) is 11.3 Å². The third kappa shape index (κ3) is 2.95. The molecule has 0 fully saturated rings. The Morgan fingerprint density at radius 3 is 2.71 bits per heavy atom. The van der Waals surface area contributed by atoms with Gasteiger partial charge < -0.3 is 5.73 Å². The van der Waals surface area contributed by atoms with Crippen LogP contribution >= 0.6 is 34.5 Å². The summed E-state index contributed by atoms with van der Waals surface area (Å²) in [6, 6.07) is 1.50. The van der Waals surface area contributed by atoms with Crippen LogP contribution in [0.5, 0.6) is 0 Å². The van der Waals surface area contributed by atoms with Crippen molar-refractivity contribution in [1.82, 2.24) is 0 Å². The molecule has 0 bridgehead atoms. The number of rotatable bonds is 4. The van der Waals surface area contributed by atoms with Crippen LogP contribution < -0.4 is 5.73 Å². The fraction of sp³-hybridized carbons (Fsp3) is 0.444. The molecule has 1 unspecified atom stereocenters. The summed E-state index contributed by atoms with van der Waals surface area (Å²) in [5.74, 6) is -0.0347. The molecule has 0 saturated heterocycles. The summed E-state index contributed by atoms with van der Waals surface area (Å²) in [5, 5.41) is 0. The van der Waals surface area contributed by atoms with Crippen molar-refractivity contribution in [3.8, 4) is 0 Å². The number of Topliss-reactive ketones (excluding diaryl/α,β-unsaturated/α-hetero) is 1. The standard InChI is InChI=1S/C9H11Cl2NOS/c1-2-5(12)3-7(13)6-4-8(10)14-9(6)11/h4-5H,2-3,12H2,1H3. The van der Waals surface area contributed by atoms with Crippen molar-refractivity contribution in [2.24, 2.45) is 5.73 Å². The lowest BCUT2D eigenvalue weighted by Crippen LogP contribution is -2.22. The predicted octanol–water partition coefficient (Wildman–Crippen LogP) is 3.37. The van der Waals surface area contributed by atoms with Crippen molar-refractivity contribution >= 4 is 40.3 Å². The van der Waals surface area contributed by atoms with E-state index in [0.717, 1.165) is 6.42 Å². The lowest BCUT2D eigenvalue weighted by molar-refractivity contribution is 0.0974. The van der Waals surface area contributed by atoms with E-state index in [1.165, 1.54) is 11.3 Å². The summed E-state index contributed by atoms with van der Waals surface area (Å²) in [5.41, 5.74) is 6.17. The van der Waals surface area contributed by atoms with Gasteiger partial charge in [-0.05, 0) is 12.5 Å². The molecule has 1 heterocycles. The van der Waals surface area contributed by atoms with E-state index < -0.39 is 0 Å². The van der Waals surface area contributed by atoms with Gasteiger partial charge in [-0.3, -0.25) is 4.79 Å². The van der Waals surface area contributed by atoms with E-state index in [2.05, 4.69) is 0 Å². The van der Waals surface area contributed by atoms with Gasteiger partial charge in [0.25, 0.3) is 0 Å². The van der Waals surface area contributed by atoms with Gasteiger partial charge >= 0.3 is 0 Å². The maximum atomic E-state index is 11.6. The van der Waals surface area contributed by atoms with Crippen molar-refractivity contribution in [2.75, 3.05) is 0 Å². The van der Waals surface area contributed by atoms with E-state index in [1.54, 1.807) is 6.07 Å². The number of halogens is 2. The molecular formula is C9H11Cl2NOS. The number of thiophene rings is 1. The van der Waals surface area contributed by atoms with Gasteiger partial charge in [0.2, 0.25) is 0 Å². The van der Waals surface area contributed by atoms with Crippen LogP contribution in [0.25, 0.3) is 0 Å². The minimum atomic E-state index is -0.0998. The molecule has 14 heavy (non-hydrogen) atoms. The molecule has 78 valence electrons. The van der Waals surface area contributed by atoms with Gasteiger partial charge in [-0.2, -0.15) is 0 Å². The molecular weight excluding hydrogens is 241 g/mol. The second kappa shape index (κ2) is 5.12. The molecule has 0 aromatic carbocycles. The van der Waals surface area contributed by atoms with Crippen molar-refractivity contribution < 1.29 is 4.79 Å². The number of hydrogen-bond donors (Lipinski definition) is 1. The fourth-order valence-corrected chi connectivity index (χ4v) is 2.52. The third-order valence-electron chi connectivity index (χ3n) is 1.93. The average Bonchev–Trinajstić information content (AvgIpc) is 2.45. The predicted molar refractivity (Wildman–Crippen MR) is 61.6 cm³/mol. The number of nitrogens with two attached hydrogens (primary N) is 1. The molecule has 5 heteroatoms. The summed E-state index contributed by atoms with van der Waals surface area (Å²) in [4.78, 5) is 11.6. The largest absolute Gasteiger partial charge is 0.327 e. The van der Waals surface area contributed by atoms with E-state index in [4.69, 9.17) is 28.9 Å². The quantitative estimate of drug-likeness (QED) is 0.835. The first-order valence-corrected chi connectivity index (χ1v) is 5.85. The molecule has 0 saturated carbocycles. The Bertz CT molecular complexity index is 338. The van der Waals surface area contributed by atoms with Gasteiger partial charge in [0, 0.05) is 18.0 Å². The van der Waals surface area contributed by atoms with Gasteiger partial charge in [0.1, 0.15) is 4.34 Å². The Balaban J connectivity index is 2.74. The van der Waals surface area contributed by atoms with E-state index >= 15 is 0 Å². The van der Waals surface area contributed by atoms with E-state index in [-0.39, 0.29) is 11.8 Å². The molecule has 2 N–H and O–H groups in total. The number of ketones is 1. The molecule has 0 radical (unpaired) electrons. The maximum Gasteiger partial charge on any atom is 0.166 e. The summed E-state index contributed by atoms with van der Waals surface area (Å²) in [6.45, 7) is 1.94. The first-order valence-electron chi connectivity index (χ1n) is 4.28. The minimum absolute atomic E-state index is 0.0347. The van der Waals surface area contributed by atoms with Crippen LogP contribution in [0, 0.1) is 0 Å². The first kappa shape index (κ1) is 12.0. The monoisotopic (exact) mass is 251 g/mol. The Morgan fingerprint density at radius 1 is 1.64 bits per heavy atom. The highest BCUT2D eigenvalue weighted by Gasteiger charge is 2.16. The molecule has 0 aliphatic rings. The lowest BCUT2D eigenvalue weighted by atomic mass is 10.1. The number of carbonyl (C=O) groups is 1. The topological polar surface area (TPSA) is 43.1 Å². The Labute approximate surface area is 97.0 Å². The van der Waals surface area contributed by atoms with Crippen LogP contribution in [-0.2, 0) is 0 Å². The summed E-state index contributed by atoms with van der Waals surface area (Å²) in [7, 11) is 0. The lowest BCUT2D eigenvalue weighted by Gasteiger charge is -2.06. The van der Waals surface area contributed by atoms with Gasteiger partial charge in [-0.25, -0.2) is 0 Å². The van der Waals surface area contributed by atoms with Crippen LogP contribution in [0.4, 0.5) is 0 Å². The van der Waals surface area contributed by atoms with Gasteiger partial charge in [0.05, 0.1) is 4.34 Å². The van der Waals surface area contributed by atoms with Crippen LogP contribution in [0.2, 0.25) is 8.67 Å². The number of carbonyl (C=O) groups excluding carboxylic acids is 1. The molecule has 1 aromatic heterocycles. The molecule has 0 spiro atoms. The normalized spacial score (nSPS) is 12.9. The van der Waals surface area contributed by atoms with E-state index in [1.807, 2.05) is 6.92 Å². The van der Waals surface area contributed by atoms with Crippen molar-refractivity contribution in [3.63, 3.8) is 0 Å². The zero-order valence-corrected chi connectivity index (χ0v) is 10.0. The van der Waals surface area contributed by atoms with Crippen LogP contribution in [0.15, 0.2) is 6.07 Å². The third-order valence-corrected chi connectivity index (χ3v) is 3.42. The fourth-order valence-electron chi connectivity index (χ4n) is 1.02. The zero-order chi connectivity index (χ0) is 10.7. The van der Waals surface area contributed by atoms with E-state index in [9.17, 15) is 4.79 Å². The van der Waals surface area contributed by atoms with Crippen molar-refractivity contribution in [3.05, 3.63) is 20.3 Å². The van der Waals surface area contributed by atoms with Crippen LogP contribution in [-0.4, -0.2) is 11.8 Å². The smallest absolute Gasteiger partial charge is 0.166 e. The maximum absolute atomic E-state index is 11.6. The highest BCUT2D eigenvalue weighted by molar-refractivity contribution is 7.20. The minimum Gasteiger partial charge on any atom is -0.327 e. The molecule has 1 atom stereocenters. The SMILES string of the molecule is CCC(N)CC(=O)c1cc(Cl)sc1Cl. The highest BCUT2D eigenvalue weighted by Crippen LogP contribution is 2.32.